The first kappa shape index (κ1) is 45.7. The molecule has 0 bridgehead atoms. The highest BCUT2D eigenvalue weighted by Gasteiger charge is 2.57. The molecule has 2 saturated carbocycles. The van der Waals surface area contributed by atoms with Gasteiger partial charge in [-0.25, -0.2) is 4.79 Å². The number of allylic oxidation sites excluding steroid dienone is 1. The number of hydrogen-bond donors (Lipinski definition) is 8. The van der Waals surface area contributed by atoms with Gasteiger partial charge in [0.05, 0.1) is 5.25 Å². The maximum Gasteiger partial charge on any atom is 0.353 e. The molecule has 2 amide bonds. The van der Waals surface area contributed by atoms with Gasteiger partial charge >= 0.3 is 17.9 Å². The summed E-state index contributed by atoms with van der Waals surface area (Å²) in [5.74, 6) is -4.47. The number of carbonyl (C=O) groups excluding carboxylic acids is 3. The van der Waals surface area contributed by atoms with Crippen LogP contribution >= 0.6 is 11.8 Å². The van der Waals surface area contributed by atoms with Crippen LogP contribution in [0.2, 0.25) is 0 Å². The molecule has 330 valence electrons. The topological polar surface area (TPSA) is 237 Å². The number of thioether (sulfide) groups is 1. The molecule has 0 aromatic carbocycles. The molecule has 1 aromatic rings. The number of aliphatic hydroxyl groups excluding tert-OH is 2. The van der Waals surface area contributed by atoms with Crippen LogP contribution in [0.15, 0.2) is 47.0 Å². The second-order valence-corrected chi connectivity index (χ2v) is 18.6. The number of carboxylic acid groups (broad SMARTS) is 2. The second kappa shape index (κ2) is 20.8. The highest BCUT2D eigenvalue weighted by atomic mass is 32.2. The quantitative estimate of drug-likeness (QED) is 0.0560. The molecule has 5 aliphatic rings. The van der Waals surface area contributed by atoms with E-state index in [-0.39, 0.29) is 59.8 Å². The molecular formula is C44H63N5O10S. The van der Waals surface area contributed by atoms with E-state index in [1.54, 1.807) is 19.4 Å². The Labute approximate surface area is 356 Å². The third-order valence-electron chi connectivity index (χ3n) is 13.9. The van der Waals surface area contributed by atoms with Crippen molar-refractivity contribution in [3.05, 3.63) is 52.6 Å². The average molecular weight is 854 g/mol. The van der Waals surface area contributed by atoms with Crippen LogP contribution in [0.1, 0.15) is 115 Å². The Morgan fingerprint density at radius 2 is 1.55 bits per heavy atom. The second-order valence-electron chi connectivity index (χ2n) is 17.5. The number of rotatable bonds is 19. The molecular weight excluding hydrogens is 791 g/mol. The van der Waals surface area contributed by atoms with E-state index < -0.39 is 48.0 Å². The molecule has 8 N–H and O–H groups in total. The predicted octanol–water partition coefficient (Wildman–Crippen LogP) is 3.94. The van der Waals surface area contributed by atoms with Gasteiger partial charge in [0.15, 0.2) is 0 Å². The summed E-state index contributed by atoms with van der Waals surface area (Å²) in [5, 5.41) is 49.4. The number of aliphatic carboxylic acids is 2. The van der Waals surface area contributed by atoms with E-state index in [4.69, 9.17) is 4.74 Å². The van der Waals surface area contributed by atoms with Crippen LogP contribution in [0.3, 0.4) is 0 Å². The highest BCUT2D eigenvalue weighted by molar-refractivity contribution is 8.00. The molecule has 16 heteroatoms. The van der Waals surface area contributed by atoms with E-state index in [1.807, 2.05) is 12.1 Å². The van der Waals surface area contributed by atoms with E-state index in [2.05, 4.69) is 26.3 Å². The normalized spacial score (nSPS) is 24.8. The first-order valence-corrected chi connectivity index (χ1v) is 22.9. The molecule has 4 aliphatic carbocycles. The molecule has 2 heterocycles. The number of fused-ring (bicyclic) bond motifs is 1. The van der Waals surface area contributed by atoms with E-state index in [0.717, 1.165) is 100 Å². The molecule has 0 radical (unpaired) electrons. The Morgan fingerprint density at radius 1 is 0.917 bits per heavy atom. The van der Waals surface area contributed by atoms with Gasteiger partial charge in [0.1, 0.15) is 23.8 Å². The number of carboxylic acids is 2. The lowest BCUT2D eigenvalue weighted by molar-refractivity contribution is -0.151. The van der Waals surface area contributed by atoms with Crippen molar-refractivity contribution in [2.45, 2.75) is 139 Å². The van der Waals surface area contributed by atoms with Crippen LogP contribution < -0.4 is 21.3 Å². The zero-order valence-corrected chi connectivity index (χ0v) is 35.5. The molecule has 15 nitrogen and oxygen atoms in total. The molecule has 6 atom stereocenters. The maximum atomic E-state index is 14.7. The minimum Gasteiger partial charge on any atom is -0.480 e. The lowest BCUT2D eigenvalue weighted by Gasteiger charge is -2.46. The van der Waals surface area contributed by atoms with Crippen molar-refractivity contribution < 1.29 is 49.1 Å². The maximum absolute atomic E-state index is 14.7. The molecule has 1 aromatic heterocycles. The lowest BCUT2D eigenvalue weighted by Crippen LogP contribution is -2.53. The van der Waals surface area contributed by atoms with Gasteiger partial charge in [-0.2, -0.15) is 0 Å². The number of aliphatic hydroxyl groups is 2. The number of hydrogen-bond acceptors (Lipinski definition) is 12. The minimum absolute atomic E-state index is 0.00651. The van der Waals surface area contributed by atoms with Crippen LogP contribution in [0, 0.1) is 22.7 Å². The number of pyridine rings is 1. The highest BCUT2D eigenvalue weighted by Crippen LogP contribution is 2.63. The summed E-state index contributed by atoms with van der Waals surface area (Å²) in [6, 6.07) is 1.70. The van der Waals surface area contributed by atoms with Crippen molar-refractivity contribution in [3.63, 3.8) is 0 Å². The summed E-state index contributed by atoms with van der Waals surface area (Å²) in [5.41, 5.74) is 4.16. The van der Waals surface area contributed by atoms with Gasteiger partial charge in [0, 0.05) is 37.8 Å². The summed E-state index contributed by atoms with van der Waals surface area (Å²) in [6.45, 7) is 0.191. The SMILES string of the molecule is CNCN[C@@H](CCC(=O)N[C@@H](CS[C@H]1C2=C3[C@H](C(=O)O2)C(CCCO)=C(Cc2ccncc2)C[C@H]3C2(CCCC2)CCCCC12CCCC2)C(=O)N[C@@H](O)C(=O)O)C(=O)O. The molecule has 6 rings (SSSR count). The molecule has 0 unspecified atom stereocenters. The fraction of sp³-hybridized carbons (Fsp3) is 0.682. The average Bonchev–Trinajstić information content (AvgIpc) is 3.99. The van der Waals surface area contributed by atoms with Gasteiger partial charge < -0.3 is 41.1 Å². The van der Waals surface area contributed by atoms with Gasteiger partial charge in [0.2, 0.25) is 18.0 Å². The van der Waals surface area contributed by atoms with Gasteiger partial charge in [-0.05, 0) is 118 Å². The third kappa shape index (κ3) is 10.4. The standard InChI is InChI=1S/C44H63N5O10S/c1-45-26-47-31(40(54)55)10-11-33(51)48-32(38(52)49-39(53)41(56)57)25-60-37-36-35-30(43(14-2-3-15-43)16-4-5-17-44(37)18-6-7-19-44)24-28(23-27-12-20-46-21-13-27)29(9-8-22-50)34(35)42(58)59-36/h12-13,20-21,30-32,34,37,39,45,47,50,53H,2-11,14-19,22-26H2,1H3,(H,48,51)(H,49,52)(H,54,55)(H,56,57)/t30-,31+,32+,34-,37+,39+/m1/s1. The van der Waals surface area contributed by atoms with Crippen LogP contribution in [0.4, 0.5) is 0 Å². The summed E-state index contributed by atoms with van der Waals surface area (Å²) in [6.07, 6.45) is 15.8. The monoisotopic (exact) mass is 853 g/mol. The Morgan fingerprint density at radius 3 is 2.13 bits per heavy atom. The third-order valence-corrected chi connectivity index (χ3v) is 15.4. The van der Waals surface area contributed by atoms with Crippen LogP contribution in [0.25, 0.3) is 0 Å². The predicted molar refractivity (Wildman–Crippen MR) is 224 cm³/mol. The van der Waals surface area contributed by atoms with Crippen molar-refractivity contribution in [3.8, 4) is 0 Å². The van der Waals surface area contributed by atoms with Crippen molar-refractivity contribution in [1.29, 1.82) is 0 Å². The Balaban J connectivity index is 1.40. The molecule has 60 heavy (non-hydrogen) atoms. The summed E-state index contributed by atoms with van der Waals surface area (Å²) >= 11 is 1.44. The Hall–Kier alpha value is -3.83. The van der Waals surface area contributed by atoms with Gasteiger partial charge in [-0.3, -0.25) is 29.5 Å². The number of nitrogens with one attached hydrogen (secondary N) is 4. The van der Waals surface area contributed by atoms with E-state index >= 15 is 0 Å². The fourth-order valence-electron chi connectivity index (χ4n) is 11.0. The Bertz CT molecular complexity index is 1780. The minimum atomic E-state index is -2.21. The molecule has 2 fully saturated rings. The number of esters is 1. The van der Waals surface area contributed by atoms with Crippen molar-refractivity contribution in [1.82, 2.24) is 26.3 Å². The van der Waals surface area contributed by atoms with Gasteiger partial charge in [0.25, 0.3) is 0 Å². The number of nitrogens with zero attached hydrogens (tertiary/aromatic N) is 1. The van der Waals surface area contributed by atoms with Gasteiger partial charge in [-0.1, -0.05) is 49.7 Å². The van der Waals surface area contributed by atoms with Crippen molar-refractivity contribution >= 4 is 41.5 Å². The van der Waals surface area contributed by atoms with Crippen molar-refractivity contribution in [2.24, 2.45) is 22.7 Å². The Kier molecular flexibility index (Phi) is 15.9. The number of ether oxygens (including phenoxy) is 1. The zero-order chi connectivity index (χ0) is 42.9. The van der Waals surface area contributed by atoms with E-state index in [9.17, 15) is 44.4 Å². The van der Waals surface area contributed by atoms with Crippen LogP contribution in [-0.2, 0) is 35.1 Å². The van der Waals surface area contributed by atoms with Gasteiger partial charge in [-0.15, -0.1) is 11.8 Å². The molecule has 0 saturated heterocycles. The smallest absolute Gasteiger partial charge is 0.353 e. The number of amides is 2. The molecule has 1 aliphatic heterocycles. The molecule has 2 spiro atoms. The fourth-order valence-corrected chi connectivity index (χ4v) is 12.6. The van der Waals surface area contributed by atoms with E-state index in [1.165, 1.54) is 17.3 Å². The summed E-state index contributed by atoms with van der Waals surface area (Å²) < 4.78 is 6.65. The van der Waals surface area contributed by atoms with Crippen molar-refractivity contribution in [2.75, 3.05) is 26.1 Å². The van der Waals surface area contributed by atoms with E-state index in [0.29, 0.717) is 25.0 Å². The lowest BCUT2D eigenvalue weighted by atomic mass is 9.58. The number of aromatic nitrogens is 1. The first-order valence-electron chi connectivity index (χ1n) is 21.8. The van der Waals surface area contributed by atoms with Crippen LogP contribution in [0.5, 0.6) is 0 Å². The zero-order valence-electron chi connectivity index (χ0n) is 34.7. The largest absolute Gasteiger partial charge is 0.480 e. The first-order chi connectivity index (χ1) is 28.9. The summed E-state index contributed by atoms with van der Waals surface area (Å²) in [7, 11) is 1.65. The number of carbonyl (C=O) groups is 5. The van der Waals surface area contributed by atoms with Crippen LogP contribution in [-0.4, -0.2) is 105 Å². The summed E-state index contributed by atoms with van der Waals surface area (Å²) in [4.78, 5) is 69.5.